The van der Waals surface area contributed by atoms with Gasteiger partial charge in [-0.25, -0.2) is 0 Å². The first kappa shape index (κ1) is 12.7. The van der Waals surface area contributed by atoms with Crippen LogP contribution in [-0.4, -0.2) is 29.6 Å². The highest BCUT2D eigenvalue weighted by molar-refractivity contribution is 7.98. The van der Waals surface area contributed by atoms with Crippen molar-refractivity contribution in [3.8, 4) is 5.75 Å². The Balaban J connectivity index is 1.68. The Hall–Kier alpha value is -0.740. The molecule has 1 aromatic rings. The third-order valence-electron chi connectivity index (χ3n) is 2.71. The van der Waals surface area contributed by atoms with E-state index in [1.54, 1.807) is 0 Å². The first-order chi connectivity index (χ1) is 8.38. The highest BCUT2D eigenvalue weighted by Gasteiger charge is 2.19. The second-order valence-corrected chi connectivity index (χ2v) is 5.32. The van der Waals surface area contributed by atoms with Crippen LogP contribution in [0.5, 0.6) is 5.75 Å². The molecule has 1 heterocycles. The Labute approximate surface area is 107 Å². The van der Waals surface area contributed by atoms with Crippen molar-refractivity contribution in [3.05, 3.63) is 24.0 Å². The fraction of sp³-hybridized carbons (Fsp3) is 0.615. The van der Waals surface area contributed by atoms with Gasteiger partial charge in [-0.15, -0.1) is 0 Å². The standard InChI is InChI=1S/C13H20N2OS/c1-17-8-2-7-16-13-6-5-12(15-10-13)9-14-11-3-4-11/h5-6,10-11,14H,2-4,7-9H2,1H3. The average molecular weight is 252 g/mol. The van der Waals surface area contributed by atoms with Gasteiger partial charge >= 0.3 is 0 Å². The van der Waals surface area contributed by atoms with Gasteiger partial charge in [-0.2, -0.15) is 11.8 Å². The maximum Gasteiger partial charge on any atom is 0.137 e. The van der Waals surface area contributed by atoms with Crippen molar-refractivity contribution in [2.45, 2.75) is 31.8 Å². The van der Waals surface area contributed by atoms with Crippen molar-refractivity contribution >= 4 is 11.8 Å². The number of pyridine rings is 1. The van der Waals surface area contributed by atoms with Gasteiger partial charge in [0.05, 0.1) is 18.5 Å². The topological polar surface area (TPSA) is 34.1 Å². The van der Waals surface area contributed by atoms with Crippen LogP contribution in [0.2, 0.25) is 0 Å². The molecule has 1 saturated carbocycles. The molecule has 94 valence electrons. The van der Waals surface area contributed by atoms with Crippen molar-refractivity contribution in [3.63, 3.8) is 0 Å². The van der Waals surface area contributed by atoms with E-state index in [0.29, 0.717) is 0 Å². The van der Waals surface area contributed by atoms with Crippen molar-refractivity contribution in [2.75, 3.05) is 18.6 Å². The van der Waals surface area contributed by atoms with Gasteiger partial charge in [0.15, 0.2) is 0 Å². The summed E-state index contributed by atoms with van der Waals surface area (Å²) >= 11 is 1.85. The zero-order chi connectivity index (χ0) is 11.9. The summed E-state index contributed by atoms with van der Waals surface area (Å²) in [7, 11) is 0. The van der Waals surface area contributed by atoms with Crippen LogP contribution >= 0.6 is 11.8 Å². The molecule has 0 atom stereocenters. The highest BCUT2D eigenvalue weighted by Crippen LogP contribution is 2.19. The maximum atomic E-state index is 5.60. The minimum absolute atomic E-state index is 0.735. The Bertz CT molecular complexity index is 325. The van der Waals surface area contributed by atoms with Crippen LogP contribution in [-0.2, 0) is 6.54 Å². The fourth-order valence-corrected chi connectivity index (χ4v) is 1.94. The first-order valence-electron chi connectivity index (χ1n) is 6.18. The molecule has 4 heteroatoms. The van der Waals surface area contributed by atoms with E-state index in [1.807, 2.05) is 30.1 Å². The van der Waals surface area contributed by atoms with E-state index in [0.717, 1.165) is 42.8 Å². The summed E-state index contributed by atoms with van der Waals surface area (Å²) in [4.78, 5) is 4.38. The molecular weight excluding hydrogens is 232 g/mol. The SMILES string of the molecule is CSCCCOc1ccc(CNC2CC2)nc1. The van der Waals surface area contributed by atoms with Gasteiger partial charge in [0, 0.05) is 12.6 Å². The van der Waals surface area contributed by atoms with E-state index in [4.69, 9.17) is 4.74 Å². The molecule has 2 rings (SSSR count). The van der Waals surface area contributed by atoms with Gasteiger partial charge in [0.25, 0.3) is 0 Å². The minimum Gasteiger partial charge on any atom is -0.492 e. The van der Waals surface area contributed by atoms with Crippen molar-refractivity contribution in [1.82, 2.24) is 10.3 Å². The van der Waals surface area contributed by atoms with Crippen molar-refractivity contribution in [2.24, 2.45) is 0 Å². The highest BCUT2D eigenvalue weighted by atomic mass is 32.2. The predicted molar refractivity (Wildman–Crippen MR) is 72.6 cm³/mol. The van der Waals surface area contributed by atoms with Crippen LogP contribution < -0.4 is 10.1 Å². The molecule has 17 heavy (non-hydrogen) atoms. The number of hydrogen-bond donors (Lipinski definition) is 1. The summed E-state index contributed by atoms with van der Waals surface area (Å²) in [5.74, 6) is 2.03. The fourth-order valence-electron chi connectivity index (χ4n) is 1.53. The normalized spacial score (nSPS) is 14.9. The number of aromatic nitrogens is 1. The quantitative estimate of drug-likeness (QED) is 0.721. The Kier molecular flexibility index (Phi) is 5.13. The molecule has 0 aromatic carbocycles. The van der Waals surface area contributed by atoms with Crippen LogP contribution in [0, 0.1) is 0 Å². The Morgan fingerprint density at radius 1 is 1.47 bits per heavy atom. The van der Waals surface area contributed by atoms with Gasteiger partial charge in [0.1, 0.15) is 5.75 Å². The smallest absolute Gasteiger partial charge is 0.137 e. The molecule has 0 amide bonds. The van der Waals surface area contributed by atoms with Gasteiger partial charge in [-0.1, -0.05) is 0 Å². The van der Waals surface area contributed by atoms with E-state index in [2.05, 4.69) is 16.6 Å². The summed E-state index contributed by atoms with van der Waals surface area (Å²) < 4.78 is 5.60. The lowest BCUT2D eigenvalue weighted by Crippen LogP contribution is -2.16. The molecule has 0 aliphatic heterocycles. The lowest BCUT2D eigenvalue weighted by molar-refractivity contribution is 0.317. The molecule has 1 fully saturated rings. The molecule has 1 aliphatic rings. The van der Waals surface area contributed by atoms with Gasteiger partial charge in [0.2, 0.25) is 0 Å². The van der Waals surface area contributed by atoms with E-state index < -0.39 is 0 Å². The number of hydrogen-bond acceptors (Lipinski definition) is 4. The van der Waals surface area contributed by atoms with Crippen LogP contribution in [0.25, 0.3) is 0 Å². The third-order valence-corrected chi connectivity index (χ3v) is 3.41. The summed E-state index contributed by atoms with van der Waals surface area (Å²) in [5.41, 5.74) is 1.09. The third kappa shape index (κ3) is 4.96. The zero-order valence-corrected chi connectivity index (χ0v) is 11.1. The number of thioether (sulfide) groups is 1. The van der Waals surface area contributed by atoms with E-state index in [9.17, 15) is 0 Å². The zero-order valence-electron chi connectivity index (χ0n) is 10.3. The van der Waals surface area contributed by atoms with Crippen LogP contribution in [0.4, 0.5) is 0 Å². The molecule has 0 unspecified atom stereocenters. The molecule has 0 spiro atoms. The molecule has 3 nitrogen and oxygen atoms in total. The first-order valence-corrected chi connectivity index (χ1v) is 7.58. The maximum absolute atomic E-state index is 5.60. The molecule has 0 saturated heterocycles. The molecule has 0 radical (unpaired) electrons. The monoisotopic (exact) mass is 252 g/mol. The predicted octanol–water partition coefficient (Wildman–Crippen LogP) is 2.47. The molecule has 1 N–H and O–H groups in total. The summed E-state index contributed by atoms with van der Waals surface area (Å²) in [5, 5.41) is 3.45. The van der Waals surface area contributed by atoms with E-state index in [1.165, 1.54) is 12.8 Å². The van der Waals surface area contributed by atoms with Gasteiger partial charge in [-0.05, 0) is 43.4 Å². The van der Waals surface area contributed by atoms with E-state index in [-0.39, 0.29) is 0 Å². The van der Waals surface area contributed by atoms with Crippen LogP contribution in [0.1, 0.15) is 25.0 Å². The minimum atomic E-state index is 0.735. The van der Waals surface area contributed by atoms with E-state index >= 15 is 0 Å². The lowest BCUT2D eigenvalue weighted by atomic mass is 10.3. The number of nitrogens with zero attached hydrogens (tertiary/aromatic N) is 1. The van der Waals surface area contributed by atoms with Gasteiger partial charge < -0.3 is 10.1 Å². The summed E-state index contributed by atoms with van der Waals surface area (Å²) in [6, 6.07) is 4.79. The lowest BCUT2D eigenvalue weighted by Gasteiger charge is -2.06. The summed E-state index contributed by atoms with van der Waals surface area (Å²) in [6.45, 7) is 1.65. The molecule has 1 aliphatic carbocycles. The number of ether oxygens (including phenoxy) is 1. The molecule has 0 bridgehead atoms. The molecule has 1 aromatic heterocycles. The summed E-state index contributed by atoms with van der Waals surface area (Å²) in [6.07, 6.45) is 7.66. The Morgan fingerprint density at radius 2 is 2.35 bits per heavy atom. The second kappa shape index (κ2) is 6.87. The van der Waals surface area contributed by atoms with Crippen LogP contribution in [0.15, 0.2) is 18.3 Å². The number of nitrogens with one attached hydrogen (secondary N) is 1. The second-order valence-electron chi connectivity index (χ2n) is 4.34. The van der Waals surface area contributed by atoms with Gasteiger partial charge in [-0.3, -0.25) is 4.98 Å². The molecular formula is C13H20N2OS. The Morgan fingerprint density at radius 3 is 3.00 bits per heavy atom. The number of rotatable bonds is 8. The van der Waals surface area contributed by atoms with Crippen LogP contribution in [0.3, 0.4) is 0 Å². The van der Waals surface area contributed by atoms with Crippen molar-refractivity contribution < 1.29 is 4.74 Å². The van der Waals surface area contributed by atoms with Crippen molar-refractivity contribution in [1.29, 1.82) is 0 Å². The average Bonchev–Trinajstić information content (AvgIpc) is 3.18. The largest absolute Gasteiger partial charge is 0.492 e.